The lowest BCUT2D eigenvalue weighted by Crippen LogP contribution is -2.06. The quantitative estimate of drug-likeness (QED) is 0.176. The number of aryl methyl sites for hydroxylation is 1. The molecule has 0 aliphatic carbocycles. The Bertz CT molecular complexity index is 1390. The average Bonchev–Trinajstić information content (AvgIpc) is 2.92. The van der Waals surface area contributed by atoms with E-state index < -0.39 is 0 Å². The van der Waals surface area contributed by atoms with Crippen molar-refractivity contribution in [3.05, 3.63) is 150 Å². The molecule has 0 amide bonds. The summed E-state index contributed by atoms with van der Waals surface area (Å²) in [4.78, 5) is 16.5. The highest BCUT2D eigenvalue weighted by Crippen LogP contribution is 2.33. The largest absolute Gasteiger partial charge is 0.457 e. The number of hydrogen-bond acceptors (Lipinski definition) is 2. The van der Waals surface area contributed by atoms with Crippen molar-refractivity contribution >= 4 is 16.7 Å². The van der Waals surface area contributed by atoms with Crippen molar-refractivity contribution < 1.29 is 9.53 Å². The molecule has 0 saturated heterocycles. The lowest BCUT2D eigenvalue weighted by Gasteiger charge is -2.10. The van der Waals surface area contributed by atoms with Crippen molar-refractivity contribution in [2.24, 2.45) is 0 Å². The number of carbonyl (C=O) groups is 1. The molecule has 0 aliphatic heterocycles. The molecule has 0 aliphatic rings. The maximum atomic E-state index is 12.9. The molecule has 0 heterocycles. The number of ether oxygens (including phenoxy) is 1. The van der Waals surface area contributed by atoms with Gasteiger partial charge >= 0.3 is 0 Å². The predicted octanol–water partition coefficient (Wildman–Crippen LogP) is 8.11. The van der Waals surface area contributed by atoms with Gasteiger partial charge in [0.1, 0.15) is 11.5 Å². The lowest BCUT2D eigenvalue weighted by molar-refractivity contribution is 0.103. The normalized spacial score (nSPS) is 11.6. The summed E-state index contributed by atoms with van der Waals surface area (Å²) in [5.74, 6) is 1.66. The molecule has 5 aromatic carbocycles. The number of ketones is 1. The molecule has 35 heavy (non-hydrogen) atoms. The first-order chi connectivity index (χ1) is 17.2. The Hall–Kier alpha value is -4.08. The van der Waals surface area contributed by atoms with Crippen LogP contribution in [0, 0.1) is 6.92 Å². The summed E-state index contributed by atoms with van der Waals surface area (Å²) in [5.41, 5.74) is 2.62. The van der Waals surface area contributed by atoms with Crippen LogP contribution < -0.4 is 4.74 Å². The van der Waals surface area contributed by atoms with Crippen molar-refractivity contribution in [1.82, 2.24) is 0 Å². The third-order valence-corrected chi connectivity index (χ3v) is 7.91. The first-order valence-electron chi connectivity index (χ1n) is 11.5. The van der Waals surface area contributed by atoms with Gasteiger partial charge in [0, 0.05) is 11.1 Å². The number of para-hydroxylation sites is 1. The van der Waals surface area contributed by atoms with Crippen LogP contribution in [-0.4, -0.2) is 5.78 Å². The van der Waals surface area contributed by atoms with E-state index in [-0.39, 0.29) is 16.7 Å². The van der Waals surface area contributed by atoms with Gasteiger partial charge in [-0.15, -0.1) is 0 Å². The fraction of sp³-hybridized carbons (Fsp3) is 0.0312. The van der Waals surface area contributed by atoms with Gasteiger partial charge in [-0.25, -0.2) is 0 Å². The van der Waals surface area contributed by atoms with Crippen LogP contribution in [0.15, 0.2) is 148 Å². The van der Waals surface area contributed by atoms with E-state index in [1.807, 2.05) is 84.9 Å². The van der Waals surface area contributed by atoms with Crippen molar-refractivity contribution in [1.29, 1.82) is 0 Å². The summed E-state index contributed by atoms with van der Waals surface area (Å²) >= 11 is 0. The zero-order valence-electron chi connectivity index (χ0n) is 19.4. The molecule has 0 spiro atoms. The van der Waals surface area contributed by atoms with E-state index in [0.29, 0.717) is 11.1 Å². The molecule has 3 heteroatoms. The second-order valence-electron chi connectivity index (χ2n) is 8.23. The first kappa shape index (κ1) is 22.7. The van der Waals surface area contributed by atoms with Gasteiger partial charge in [-0.2, -0.15) is 0 Å². The topological polar surface area (TPSA) is 26.3 Å². The molecule has 2 nitrogen and oxygen atoms in total. The first-order valence-corrected chi connectivity index (χ1v) is 12.7. The third kappa shape index (κ3) is 5.37. The molecule has 5 rings (SSSR count). The highest BCUT2D eigenvalue weighted by atomic mass is 32.2. The van der Waals surface area contributed by atoms with Gasteiger partial charge < -0.3 is 4.74 Å². The van der Waals surface area contributed by atoms with Gasteiger partial charge in [0.2, 0.25) is 0 Å². The Balaban J connectivity index is 1.46. The summed E-state index contributed by atoms with van der Waals surface area (Å²) in [6.07, 6.45) is 0. The molecule has 0 bridgehead atoms. The summed E-state index contributed by atoms with van der Waals surface area (Å²) in [6, 6.07) is 44.2. The van der Waals surface area contributed by atoms with Gasteiger partial charge in [-0.1, -0.05) is 66.2 Å². The Morgan fingerprint density at radius 1 is 0.514 bits per heavy atom. The minimum Gasteiger partial charge on any atom is -0.457 e. The van der Waals surface area contributed by atoms with E-state index in [1.54, 1.807) is 0 Å². The molecule has 1 unspecified atom stereocenters. The van der Waals surface area contributed by atoms with Gasteiger partial charge in [0.25, 0.3) is 0 Å². The molecule has 0 radical (unpaired) electrons. The molecular formula is C32H25O2S+. The maximum absolute atomic E-state index is 12.9. The number of hydrogen-bond donors (Lipinski definition) is 0. The number of carbonyl (C=O) groups excluding carboxylic acids is 1. The lowest BCUT2D eigenvalue weighted by atomic mass is 10.0. The average molecular weight is 474 g/mol. The standard InChI is InChI=1S/C32H25O2S/c1-24-12-18-29(19-13-24)35(31-22-16-28(17-23-31)34-27-10-6-3-7-11-27)30-20-14-26(15-21-30)32(33)25-8-4-2-5-9-25/h2-23H,1H3/q+1. The van der Waals surface area contributed by atoms with E-state index in [0.717, 1.165) is 16.4 Å². The maximum Gasteiger partial charge on any atom is 0.193 e. The summed E-state index contributed by atoms with van der Waals surface area (Å²) in [6.45, 7) is 2.10. The second-order valence-corrected chi connectivity index (χ2v) is 10.3. The minimum absolute atomic E-state index is 0.0368. The van der Waals surface area contributed by atoms with Crippen molar-refractivity contribution in [3.63, 3.8) is 0 Å². The Morgan fingerprint density at radius 2 is 0.943 bits per heavy atom. The molecule has 0 saturated carbocycles. The van der Waals surface area contributed by atoms with Crippen molar-refractivity contribution in [3.8, 4) is 11.5 Å². The van der Waals surface area contributed by atoms with Crippen LogP contribution in [-0.2, 0) is 10.9 Å². The molecule has 1 atom stereocenters. The van der Waals surface area contributed by atoms with E-state index in [1.165, 1.54) is 15.4 Å². The van der Waals surface area contributed by atoms with Crippen molar-refractivity contribution in [2.75, 3.05) is 0 Å². The Morgan fingerprint density at radius 3 is 1.51 bits per heavy atom. The van der Waals surface area contributed by atoms with Gasteiger partial charge in [0.15, 0.2) is 20.5 Å². The van der Waals surface area contributed by atoms with Crippen LogP contribution in [0.5, 0.6) is 11.5 Å². The van der Waals surface area contributed by atoms with Crippen LogP contribution >= 0.6 is 0 Å². The highest BCUT2D eigenvalue weighted by Gasteiger charge is 2.29. The van der Waals surface area contributed by atoms with E-state index in [4.69, 9.17) is 4.74 Å². The molecule has 0 fully saturated rings. The number of rotatable bonds is 7. The van der Waals surface area contributed by atoms with Gasteiger partial charge in [0.05, 0.1) is 10.9 Å². The molecule has 0 N–H and O–H groups in total. The summed E-state index contributed by atoms with van der Waals surface area (Å²) in [5, 5.41) is 0. The monoisotopic (exact) mass is 473 g/mol. The predicted molar refractivity (Wildman–Crippen MR) is 143 cm³/mol. The molecule has 0 aromatic heterocycles. The number of benzene rings is 5. The minimum atomic E-state index is -0.310. The third-order valence-electron chi connectivity index (χ3n) is 5.68. The smallest absolute Gasteiger partial charge is 0.193 e. The zero-order chi connectivity index (χ0) is 24.0. The SMILES string of the molecule is Cc1ccc([S+](c2ccc(Oc3ccccc3)cc2)c2ccc(C(=O)c3ccccc3)cc2)cc1. The van der Waals surface area contributed by atoms with E-state index >= 15 is 0 Å². The Kier molecular flexibility index (Phi) is 6.78. The summed E-state index contributed by atoms with van der Waals surface area (Å²) < 4.78 is 5.99. The Labute approximate surface area is 209 Å². The van der Waals surface area contributed by atoms with Crippen LogP contribution in [0.3, 0.4) is 0 Å². The van der Waals surface area contributed by atoms with Crippen LogP contribution in [0.25, 0.3) is 0 Å². The van der Waals surface area contributed by atoms with Crippen LogP contribution in [0.4, 0.5) is 0 Å². The molecule has 170 valence electrons. The van der Waals surface area contributed by atoms with Crippen LogP contribution in [0.2, 0.25) is 0 Å². The summed E-state index contributed by atoms with van der Waals surface area (Å²) in [7, 11) is -0.310. The van der Waals surface area contributed by atoms with Gasteiger partial charge in [-0.05, 0) is 79.7 Å². The highest BCUT2D eigenvalue weighted by molar-refractivity contribution is 7.97. The zero-order valence-corrected chi connectivity index (χ0v) is 20.2. The van der Waals surface area contributed by atoms with Gasteiger partial charge in [-0.3, -0.25) is 4.79 Å². The fourth-order valence-corrected chi connectivity index (χ4v) is 5.89. The van der Waals surface area contributed by atoms with Crippen LogP contribution in [0.1, 0.15) is 21.5 Å². The van der Waals surface area contributed by atoms with E-state index in [2.05, 4.69) is 55.5 Å². The second kappa shape index (κ2) is 10.5. The van der Waals surface area contributed by atoms with E-state index in [9.17, 15) is 4.79 Å². The van der Waals surface area contributed by atoms with Crippen molar-refractivity contribution in [2.45, 2.75) is 21.6 Å². The fourth-order valence-electron chi connectivity index (χ4n) is 3.85. The molecular weight excluding hydrogens is 448 g/mol. The molecule has 5 aromatic rings.